The molecule has 0 saturated heterocycles. The molecule has 3 rings (SSSR count). The van der Waals surface area contributed by atoms with Crippen LogP contribution in [0.15, 0.2) is 66.7 Å². The van der Waals surface area contributed by atoms with Gasteiger partial charge in [-0.25, -0.2) is 4.79 Å². The van der Waals surface area contributed by atoms with Gasteiger partial charge in [0.25, 0.3) is 5.91 Å². The molecule has 7 heteroatoms. The minimum Gasteiger partial charge on any atom is -0.508 e. The fourth-order valence-electron chi connectivity index (χ4n) is 2.48. The highest BCUT2D eigenvalue weighted by molar-refractivity contribution is 5.97. The number of aromatic hydroxyl groups is 2. The fraction of sp³-hybridized carbons (Fsp3) is 0.0909. The summed E-state index contributed by atoms with van der Waals surface area (Å²) in [7, 11) is 0. The lowest BCUT2D eigenvalue weighted by atomic mass is 10.2. The number of amides is 1. The summed E-state index contributed by atoms with van der Waals surface area (Å²) in [6.07, 6.45) is 0. The number of phenols is 2. The van der Waals surface area contributed by atoms with Crippen LogP contribution in [0.3, 0.4) is 0 Å². The zero-order valence-electron chi connectivity index (χ0n) is 15.6. The highest BCUT2D eigenvalue weighted by Gasteiger charge is 2.16. The summed E-state index contributed by atoms with van der Waals surface area (Å²) in [5.41, 5.74) is 1.36. The molecule has 0 atom stereocenters. The third-order valence-corrected chi connectivity index (χ3v) is 3.95. The molecular formula is C22H19NO6. The van der Waals surface area contributed by atoms with Crippen LogP contribution in [0.4, 0.5) is 5.69 Å². The quantitative estimate of drug-likeness (QED) is 0.547. The van der Waals surface area contributed by atoms with Crippen LogP contribution in [0, 0.1) is 6.92 Å². The molecule has 0 aliphatic rings. The zero-order chi connectivity index (χ0) is 20.8. The van der Waals surface area contributed by atoms with Crippen LogP contribution >= 0.6 is 0 Å². The van der Waals surface area contributed by atoms with Gasteiger partial charge in [-0.15, -0.1) is 0 Å². The number of benzene rings is 3. The van der Waals surface area contributed by atoms with Gasteiger partial charge in [0.1, 0.15) is 22.8 Å². The third-order valence-electron chi connectivity index (χ3n) is 3.95. The molecule has 0 saturated carbocycles. The van der Waals surface area contributed by atoms with E-state index in [0.717, 1.165) is 11.6 Å². The summed E-state index contributed by atoms with van der Waals surface area (Å²) in [5, 5.41) is 21.6. The van der Waals surface area contributed by atoms with Crippen LogP contribution in [0.2, 0.25) is 0 Å². The number of rotatable bonds is 6. The van der Waals surface area contributed by atoms with Gasteiger partial charge in [0, 0.05) is 6.07 Å². The molecule has 29 heavy (non-hydrogen) atoms. The van der Waals surface area contributed by atoms with E-state index in [9.17, 15) is 19.8 Å². The van der Waals surface area contributed by atoms with Crippen LogP contribution in [-0.2, 0) is 9.53 Å². The Bertz CT molecular complexity index is 1030. The summed E-state index contributed by atoms with van der Waals surface area (Å²) >= 11 is 0. The molecule has 0 aliphatic carbocycles. The molecule has 1 amide bonds. The Labute approximate surface area is 167 Å². The van der Waals surface area contributed by atoms with Crippen LogP contribution in [0.1, 0.15) is 15.9 Å². The maximum atomic E-state index is 12.2. The second-order valence-electron chi connectivity index (χ2n) is 6.24. The van der Waals surface area contributed by atoms with Crippen LogP contribution in [0.5, 0.6) is 23.0 Å². The van der Waals surface area contributed by atoms with Crippen LogP contribution in [0.25, 0.3) is 0 Å². The maximum Gasteiger partial charge on any atom is 0.342 e. The molecule has 0 bridgehead atoms. The Morgan fingerprint density at radius 2 is 1.69 bits per heavy atom. The van der Waals surface area contributed by atoms with Gasteiger partial charge < -0.3 is 25.0 Å². The summed E-state index contributed by atoms with van der Waals surface area (Å²) in [5.74, 6) is -1.04. The number of anilines is 1. The molecular weight excluding hydrogens is 374 g/mol. The van der Waals surface area contributed by atoms with Gasteiger partial charge in [-0.05, 0) is 43.3 Å². The van der Waals surface area contributed by atoms with Crippen molar-refractivity contribution in [2.45, 2.75) is 6.92 Å². The minimum atomic E-state index is -0.887. The Kier molecular flexibility index (Phi) is 5.99. The molecule has 3 aromatic rings. The normalized spacial score (nSPS) is 10.2. The number of carbonyl (C=O) groups is 2. The summed E-state index contributed by atoms with van der Waals surface area (Å²) < 4.78 is 10.7. The molecule has 0 fully saturated rings. The number of phenolic OH excluding ortho intramolecular Hbond substituents is 2. The van der Waals surface area contributed by atoms with E-state index >= 15 is 0 Å². The lowest BCUT2D eigenvalue weighted by Crippen LogP contribution is -2.21. The number of carbonyl (C=O) groups excluding carboxylic acids is 2. The average Bonchev–Trinajstić information content (AvgIpc) is 2.69. The van der Waals surface area contributed by atoms with E-state index in [1.54, 1.807) is 24.3 Å². The van der Waals surface area contributed by atoms with E-state index in [0.29, 0.717) is 17.2 Å². The van der Waals surface area contributed by atoms with Crippen LogP contribution < -0.4 is 10.1 Å². The van der Waals surface area contributed by atoms with E-state index in [-0.39, 0.29) is 11.3 Å². The first-order chi connectivity index (χ1) is 13.9. The van der Waals surface area contributed by atoms with Crippen molar-refractivity contribution in [2.75, 3.05) is 11.9 Å². The standard InChI is InChI=1S/C22H19NO6/c1-14-6-9-16(10-7-14)29-20-5-3-2-4-18(20)23-21(26)13-28-22(27)17-11-8-15(24)12-19(17)25/h2-12,24-25H,13H2,1H3,(H,23,26). The maximum absolute atomic E-state index is 12.2. The van der Waals surface area contributed by atoms with Crippen molar-refractivity contribution in [1.82, 2.24) is 0 Å². The molecule has 3 aromatic carbocycles. The van der Waals surface area contributed by atoms with Crippen molar-refractivity contribution >= 4 is 17.6 Å². The number of esters is 1. The Morgan fingerprint density at radius 3 is 2.41 bits per heavy atom. The number of aryl methyl sites for hydroxylation is 1. The monoisotopic (exact) mass is 393 g/mol. The Morgan fingerprint density at radius 1 is 0.966 bits per heavy atom. The first-order valence-corrected chi connectivity index (χ1v) is 8.75. The smallest absolute Gasteiger partial charge is 0.342 e. The second-order valence-corrected chi connectivity index (χ2v) is 6.24. The van der Waals surface area contributed by atoms with Crippen molar-refractivity contribution in [3.05, 3.63) is 77.9 Å². The van der Waals surface area contributed by atoms with E-state index in [1.165, 1.54) is 12.1 Å². The lowest BCUT2D eigenvalue weighted by molar-refractivity contribution is -0.119. The largest absolute Gasteiger partial charge is 0.508 e. The van der Waals surface area contributed by atoms with E-state index in [2.05, 4.69) is 5.32 Å². The molecule has 0 heterocycles. The van der Waals surface area contributed by atoms with Gasteiger partial charge in [-0.2, -0.15) is 0 Å². The van der Waals surface area contributed by atoms with Gasteiger partial charge in [-0.1, -0.05) is 29.8 Å². The van der Waals surface area contributed by atoms with Gasteiger partial charge in [0.15, 0.2) is 12.4 Å². The molecule has 0 aromatic heterocycles. The molecule has 148 valence electrons. The molecule has 0 unspecified atom stereocenters. The predicted octanol–water partition coefficient (Wildman–Crippen LogP) is 3.99. The summed E-state index contributed by atoms with van der Waals surface area (Å²) in [6.45, 7) is 1.41. The van der Waals surface area contributed by atoms with Gasteiger partial charge in [-0.3, -0.25) is 4.79 Å². The molecule has 0 aliphatic heterocycles. The number of para-hydroxylation sites is 2. The fourth-order valence-corrected chi connectivity index (χ4v) is 2.48. The highest BCUT2D eigenvalue weighted by atomic mass is 16.5. The number of hydrogen-bond acceptors (Lipinski definition) is 6. The molecule has 7 nitrogen and oxygen atoms in total. The second kappa shape index (κ2) is 8.79. The zero-order valence-corrected chi connectivity index (χ0v) is 15.6. The van der Waals surface area contributed by atoms with Gasteiger partial charge in [0.05, 0.1) is 5.69 Å². The average molecular weight is 393 g/mol. The van der Waals surface area contributed by atoms with Crippen molar-refractivity contribution in [3.63, 3.8) is 0 Å². The SMILES string of the molecule is Cc1ccc(Oc2ccccc2NC(=O)COC(=O)c2ccc(O)cc2O)cc1. The summed E-state index contributed by atoms with van der Waals surface area (Å²) in [6, 6.07) is 17.8. The molecule has 0 radical (unpaired) electrons. The van der Waals surface area contributed by atoms with Crippen molar-refractivity contribution in [3.8, 4) is 23.0 Å². The van der Waals surface area contributed by atoms with Crippen LogP contribution in [-0.4, -0.2) is 28.7 Å². The Hall–Kier alpha value is -4.00. The van der Waals surface area contributed by atoms with Crippen molar-refractivity contribution in [2.24, 2.45) is 0 Å². The topological polar surface area (TPSA) is 105 Å². The third kappa shape index (κ3) is 5.26. The minimum absolute atomic E-state index is 0.154. The lowest BCUT2D eigenvalue weighted by Gasteiger charge is -2.12. The van der Waals surface area contributed by atoms with Gasteiger partial charge >= 0.3 is 5.97 Å². The number of hydrogen-bond donors (Lipinski definition) is 3. The van der Waals surface area contributed by atoms with Crippen molar-refractivity contribution in [1.29, 1.82) is 0 Å². The molecule has 0 spiro atoms. The number of ether oxygens (including phenoxy) is 2. The highest BCUT2D eigenvalue weighted by Crippen LogP contribution is 2.29. The van der Waals surface area contributed by atoms with Crippen molar-refractivity contribution < 1.29 is 29.3 Å². The first kappa shape index (κ1) is 19.8. The molecule has 3 N–H and O–H groups in total. The predicted molar refractivity (Wildman–Crippen MR) is 106 cm³/mol. The number of nitrogens with one attached hydrogen (secondary N) is 1. The van der Waals surface area contributed by atoms with E-state index in [4.69, 9.17) is 9.47 Å². The summed E-state index contributed by atoms with van der Waals surface area (Å²) in [4.78, 5) is 24.2. The first-order valence-electron chi connectivity index (χ1n) is 8.75. The van der Waals surface area contributed by atoms with Gasteiger partial charge in [0.2, 0.25) is 0 Å². The van der Waals surface area contributed by atoms with E-state index < -0.39 is 24.2 Å². The Balaban J connectivity index is 1.62. The van der Waals surface area contributed by atoms with E-state index in [1.807, 2.05) is 31.2 Å².